The maximum Gasteiger partial charge on any atom is 0.414 e. The lowest BCUT2D eigenvalue weighted by Crippen LogP contribution is -2.40. The Hall–Kier alpha value is -2.29. The van der Waals surface area contributed by atoms with Crippen molar-refractivity contribution >= 4 is 11.8 Å². The van der Waals surface area contributed by atoms with Gasteiger partial charge in [-0.1, -0.05) is 55.3 Å². The maximum atomic E-state index is 12.4. The van der Waals surface area contributed by atoms with Crippen LogP contribution >= 0.6 is 0 Å². The normalized spacial score (nSPS) is 22.4. The Kier molecular flexibility index (Phi) is 3.56. The Morgan fingerprint density at radius 2 is 1.83 bits per heavy atom. The smallest absolute Gasteiger partial charge is 0.414 e. The predicted molar refractivity (Wildman–Crippen MR) is 91.8 cm³/mol. The van der Waals surface area contributed by atoms with Crippen LogP contribution in [0.15, 0.2) is 48.5 Å². The number of hydrogen-bond acceptors (Lipinski definition) is 2. The van der Waals surface area contributed by atoms with E-state index in [4.69, 9.17) is 4.74 Å². The molecule has 0 spiro atoms. The van der Waals surface area contributed by atoms with E-state index in [0.717, 1.165) is 24.1 Å². The van der Waals surface area contributed by atoms with E-state index < -0.39 is 0 Å². The van der Waals surface area contributed by atoms with E-state index in [2.05, 4.69) is 30.3 Å². The lowest BCUT2D eigenvalue weighted by molar-refractivity contribution is 0.174. The topological polar surface area (TPSA) is 29.5 Å². The fraction of sp³-hybridized carbons (Fsp3) is 0.350. The van der Waals surface area contributed by atoms with Crippen molar-refractivity contribution in [1.29, 1.82) is 0 Å². The van der Waals surface area contributed by atoms with Crippen LogP contribution in [0.3, 0.4) is 0 Å². The molecule has 0 radical (unpaired) electrons. The molecule has 1 aliphatic heterocycles. The number of nitrogens with zero attached hydrogens (tertiary/aromatic N) is 1. The van der Waals surface area contributed by atoms with Crippen LogP contribution in [0.25, 0.3) is 11.1 Å². The monoisotopic (exact) mass is 307 g/mol. The van der Waals surface area contributed by atoms with Gasteiger partial charge in [-0.15, -0.1) is 0 Å². The van der Waals surface area contributed by atoms with Gasteiger partial charge in [0.25, 0.3) is 0 Å². The predicted octanol–water partition coefficient (Wildman–Crippen LogP) is 4.97. The van der Waals surface area contributed by atoms with Crippen LogP contribution in [0.4, 0.5) is 10.5 Å². The third-order valence-electron chi connectivity index (χ3n) is 5.23. The Morgan fingerprint density at radius 3 is 2.61 bits per heavy atom. The first-order valence-corrected chi connectivity index (χ1v) is 8.36. The second-order valence-corrected chi connectivity index (χ2v) is 6.44. The number of carbonyl (C=O) groups is 1. The van der Waals surface area contributed by atoms with Gasteiger partial charge in [0, 0.05) is 12.0 Å². The first kappa shape index (κ1) is 14.3. The highest BCUT2D eigenvalue weighted by Crippen LogP contribution is 2.49. The SMILES string of the molecule is COC(=O)N1c2cc(-c3ccccc3)ccc2[C@@H]2CCCC[C@H]21. The summed E-state index contributed by atoms with van der Waals surface area (Å²) in [5, 5.41) is 0. The zero-order chi connectivity index (χ0) is 15.8. The Labute approximate surface area is 136 Å². The summed E-state index contributed by atoms with van der Waals surface area (Å²) in [5.41, 5.74) is 4.67. The first-order chi connectivity index (χ1) is 11.3. The van der Waals surface area contributed by atoms with E-state index in [9.17, 15) is 4.79 Å². The van der Waals surface area contributed by atoms with Crippen LogP contribution in [-0.4, -0.2) is 19.2 Å². The highest BCUT2D eigenvalue weighted by atomic mass is 16.5. The van der Waals surface area contributed by atoms with Crippen molar-refractivity contribution in [1.82, 2.24) is 0 Å². The molecule has 2 aromatic carbocycles. The standard InChI is InChI=1S/C20H21NO2/c1-23-20(22)21-18-10-6-5-9-16(18)17-12-11-15(13-19(17)21)14-7-3-2-4-8-14/h2-4,7-8,11-13,16,18H,5-6,9-10H2,1H3/t16-,18+/m0/s1. The average molecular weight is 307 g/mol. The zero-order valence-electron chi connectivity index (χ0n) is 13.4. The number of anilines is 1. The summed E-state index contributed by atoms with van der Waals surface area (Å²) in [4.78, 5) is 14.3. The van der Waals surface area contributed by atoms with E-state index in [0.29, 0.717) is 5.92 Å². The minimum Gasteiger partial charge on any atom is -0.452 e. The van der Waals surface area contributed by atoms with Crippen LogP contribution in [0, 0.1) is 0 Å². The lowest BCUT2D eigenvalue weighted by atomic mass is 9.82. The van der Waals surface area contributed by atoms with Crippen molar-refractivity contribution in [3.05, 3.63) is 54.1 Å². The fourth-order valence-electron chi connectivity index (χ4n) is 4.17. The van der Waals surface area contributed by atoms with Gasteiger partial charge in [0.2, 0.25) is 0 Å². The van der Waals surface area contributed by atoms with Gasteiger partial charge in [-0.2, -0.15) is 0 Å². The van der Waals surface area contributed by atoms with Crippen molar-refractivity contribution in [2.24, 2.45) is 0 Å². The third-order valence-corrected chi connectivity index (χ3v) is 5.23. The van der Waals surface area contributed by atoms with E-state index >= 15 is 0 Å². The summed E-state index contributed by atoms with van der Waals surface area (Å²) in [6, 6.07) is 17.1. The summed E-state index contributed by atoms with van der Waals surface area (Å²) >= 11 is 0. The van der Waals surface area contributed by atoms with Gasteiger partial charge >= 0.3 is 6.09 Å². The summed E-state index contributed by atoms with van der Waals surface area (Å²) in [5.74, 6) is 0.461. The number of carbonyl (C=O) groups excluding carboxylic acids is 1. The molecule has 3 heteroatoms. The van der Waals surface area contributed by atoms with Crippen molar-refractivity contribution < 1.29 is 9.53 Å². The molecule has 4 rings (SSSR count). The number of ether oxygens (including phenoxy) is 1. The first-order valence-electron chi connectivity index (χ1n) is 8.36. The molecule has 1 heterocycles. The lowest BCUT2D eigenvalue weighted by Gasteiger charge is -2.31. The van der Waals surface area contributed by atoms with E-state index in [1.165, 1.54) is 31.1 Å². The van der Waals surface area contributed by atoms with Crippen molar-refractivity contribution in [3.63, 3.8) is 0 Å². The number of hydrogen-bond donors (Lipinski definition) is 0. The fourth-order valence-corrected chi connectivity index (χ4v) is 4.17. The van der Waals surface area contributed by atoms with Crippen LogP contribution in [0.2, 0.25) is 0 Å². The number of rotatable bonds is 1. The highest BCUT2D eigenvalue weighted by Gasteiger charge is 2.43. The Bertz CT molecular complexity index is 726. The highest BCUT2D eigenvalue weighted by molar-refractivity contribution is 5.93. The van der Waals surface area contributed by atoms with Crippen LogP contribution in [0.5, 0.6) is 0 Å². The zero-order valence-corrected chi connectivity index (χ0v) is 13.4. The Morgan fingerprint density at radius 1 is 1.04 bits per heavy atom. The van der Waals surface area contributed by atoms with Crippen LogP contribution < -0.4 is 4.90 Å². The molecule has 0 aromatic heterocycles. The second kappa shape index (κ2) is 5.73. The number of fused-ring (bicyclic) bond motifs is 3. The molecule has 0 N–H and O–H groups in total. The summed E-state index contributed by atoms with van der Waals surface area (Å²) in [6.45, 7) is 0. The second-order valence-electron chi connectivity index (χ2n) is 6.44. The van der Waals surface area contributed by atoms with Gasteiger partial charge in [-0.3, -0.25) is 4.90 Å². The maximum absolute atomic E-state index is 12.4. The Balaban J connectivity index is 1.81. The van der Waals surface area contributed by atoms with Gasteiger partial charge in [0.05, 0.1) is 12.8 Å². The molecular weight excluding hydrogens is 286 g/mol. The molecule has 0 bridgehead atoms. The molecule has 1 amide bonds. The summed E-state index contributed by atoms with van der Waals surface area (Å²) in [7, 11) is 1.47. The van der Waals surface area contributed by atoms with Gasteiger partial charge in [0.15, 0.2) is 0 Å². The molecule has 118 valence electrons. The number of benzene rings is 2. The molecular formula is C20H21NO2. The number of methoxy groups -OCH3 is 1. The molecule has 2 aliphatic rings. The van der Waals surface area contributed by atoms with Crippen LogP contribution in [-0.2, 0) is 4.74 Å². The minimum atomic E-state index is -0.231. The van der Waals surface area contributed by atoms with Crippen molar-refractivity contribution in [2.75, 3.05) is 12.0 Å². The molecule has 0 unspecified atom stereocenters. The molecule has 2 atom stereocenters. The quantitative estimate of drug-likeness (QED) is 0.744. The van der Waals surface area contributed by atoms with Gasteiger partial charge in [-0.05, 0) is 35.6 Å². The van der Waals surface area contributed by atoms with Gasteiger partial charge < -0.3 is 4.74 Å². The molecule has 3 nitrogen and oxygen atoms in total. The molecule has 1 saturated carbocycles. The number of amides is 1. The third kappa shape index (κ3) is 2.31. The largest absolute Gasteiger partial charge is 0.452 e. The summed E-state index contributed by atoms with van der Waals surface area (Å²) in [6.07, 6.45) is 4.43. The van der Waals surface area contributed by atoms with Gasteiger partial charge in [0.1, 0.15) is 0 Å². The molecule has 0 saturated heterocycles. The van der Waals surface area contributed by atoms with Crippen LogP contribution in [0.1, 0.15) is 37.2 Å². The van der Waals surface area contributed by atoms with Gasteiger partial charge in [-0.25, -0.2) is 4.79 Å². The van der Waals surface area contributed by atoms with Crippen molar-refractivity contribution in [3.8, 4) is 11.1 Å². The molecule has 1 fully saturated rings. The summed E-state index contributed by atoms with van der Waals surface area (Å²) < 4.78 is 5.07. The average Bonchev–Trinajstić information content (AvgIpc) is 2.95. The van der Waals surface area contributed by atoms with Crippen molar-refractivity contribution in [2.45, 2.75) is 37.6 Å². The van der Waals surface area contributed by atoms with E-state index in [1.807, 2.05) is 23.1 Å². The van der Waals surface area contributed by atoms with E-state index in [1.54, 1.807) is 0 Å². The molecule has 23 heavy (non-hydrogen) atoms. The molecule has 2 aromatic rings. The van der Waals surface area contributed by atoms with E-state index in [-0.39, 0.29) is 12.1 Å². The molecule has 1 aliphatic carbocycles. The minimum absolute atomic E-state index is 0.231.